The molecule has 2 amide bonds. The molecule has 1 aliphatic heterocycles. The Morgan fingerprint density at radius 1 is 1.50 bits per heavy atom. The van der Waals surface area contributed by atoms with Crippen molar-refractivity contribution in [2.24, 2.45) is 5.73 Å². The van der Waals surface area contributed by atoms with Crippen LogP contribution in [0.25, 0.3) is 0 Å². The first-order chi connectivity index (χ1) is 7.60. The molecule has 2 N–H and O–H groups in total. The van der Waals surface area contributed by atoms with Gasteiger partial charge in [-0.25, -0.2) is 0 Å². The van der Waals surface area contributed by atoms with Crippen LogP contribution in [0.4, 0.5) is 0 Å². The Morgan fingerprint density at radius 3 is 2.69 bits per heavy atom. The first kappa shape index (κ1) is 13.0. The van der Waals surface area contributed by atoms with Crippen molar-refractivity contribution in [3.8, 4) is 0 Å². The van der Waals surface area contributed by atoms with Crippen molar-refractivity contribution in [2.45, 2.75) is 32.7 Å². The van der Waals surface area contributed by atoms with E-state index in [4.69, 9.17) is 5.73 Å². The fourth-order valence-electron chi connectivity index (χ4n) is 1.97. The monoisotopic (exact) mass is 227 g/mol. The summed E-state index contributed by atoms with van der Waals surface area (Å²) in [5.41, 5.74) is 5.67. The zero-order chi connectivity index (χ0) is 12.1. The van der Waals surface area contributed by atoms with Crippen molar-refractivity contribution in [1.82, 2.24) is 9.80 Å². The van der Waals surface area contributed by atoms with Gasteiger partial charge in [-0.3, -0.25) is 9.59 Å². The molecule has 0 radical (unpaired) electrons. The second kappa shape index (κ2) is 5.84. The van der Waals surface area contributed by atoms with Crippen molar-refractivity contribution >= 4 is 11.8 Å². The molecule has 5 nitrogen and oxygen atoms in total. The van der Waals surface area contributed by atoms with Gasteiger partial charge in [0.2, 0.25) is 11.8 Å². The molecule has 0 bridgehead atoms. The van der Waals surface area contributed by atoms with Gasteiger partial charge in [-0.1, -0.05) is 0 Å². The van der Waals surface area contributed by atoms with Crippen molar-refractivity contribution in [3.05, 3.63) is 0 Å². The quantitative estimate of drug-likeness (QED) is 0.723. The molecule has 1 atom stereocenters. The maximum absolute atomic E-state index is 11.8. The van der Waals surface area contributed by atoms with Crippen molar-refractivity contribution in [3.63, 3.8) is 0 Å². The van der Waals surface area contributed by atoms with Crippen LogP contribution in [-0.2, 0) is 9.59 Å². The van der Waals surface area contributed by atoms with E-state index in [2.05, 4.69) is 0 Å². The molecule has 16 heavy (non-hydrogen) atoms. The zero-order valence-electron chi connectivity index (χ0n) is 10.1. The summed E-state index contributed by atoms with van der Waals surface area (Å²) >= 11 is 0. The van der Waals surface area contributed by atoms with Gasteiger partial charge in [-0.05, 0) is 26.7 Å². The van der Waals surface area contributed by atoms with E-state index in [1.165, 1.54) is 0 Å². The molecule has 0 aromatic carbocycles. The molecule has 0 aromatic rings. The minimum atomic E-state index is -0.418. The van der Waals surface area contributed by atoms with E-state index in [1.807, 2.05) is 13.8 Å². The average Bonchev–Trinajstić information content (AvgIpc) is 2.26. The van der Waals surface area contributed by atoms with E-state index in [-0.39, 0.29) is 18.4 Å². The number of nitrogens with zero attached hydrogens (tertiary/aromatic N) is 2. The number of hydrogen-bond donors (Lipinski definition) is 1. The van der Waals surface area contributed by atoms with Gasteiger partial charge in [-0.2, -0.15) is 0 Å². The molecular formula is C11H21N3O2. The molecule has 1 unspecified atom stereocenters. The lowest BCUT2D eigenvalue weighted by molar-refractivity contribution is -0.142. The van der Waals surface area contributed by atoms with Gasteiger partial charge in [-0.15, -0.1) is 0 Å². The summed E-state index contributed by atoms with van der Waals surface area (Å²) in [7, 11) is 0. The summed E-state index contributed by atoms with van der Waals surface area (Å²) in [6.45, 7) is 6.07. The van der Waals surface area contributed by atoms with Gasteiger partial charge in [0.1, 0.15) is 0 Å². The van der Waals surface area contributed by atoms with Crippen LogP contribution in [0.2, 0.25) is 0 Å². The molecule has 1 heterocycles. The van der Waals surface area contributed by atoms with Gasteiger partial charge >= 0.3 is 0 Å². The predicted molar refractivity (Wildman–Crippen MR) is 61.7 cm³/mol. The normalized spacial score (nSPS) is 21.1. The third kappa shape index (κ3) is 2.95. The van der Waals surface area contributed by atoms with Crippen LogP contribution in [0.5, 0.6) is 0 Å². The topological polar surface area (TPSA) is 66.6 Å². The summed E-state index contributed by atoms with van der Waals surface area (Å²) in [6.07, 6.45) is 1.62. The van der Waals surface area contributed by atoms with Gasteiger partial charge < -0.3 is 15.5 Å². The molecule has 1 saturated heterocycles. The molecular weight excluding hydrogens is 206 g/mol. The number of carbonyl (C=O) groups is 2. The smallest absolute Gasteiger partial charge is 0.242 e. The van der Waals surface area contributed by atoms with Crippen molar-refractivity contribution < 1.29 is 9.59 Å². The third-order valence-electron chi connectivity index (χ3n) is 3.01. The first-order valence-corrected chi connectivity index (χ1v) is 5.92. The number of likely N-dealkylation sites (N-methyl/N-ethyl adjacent to an activating group) is 1. The Hall–Kier alpha value is -1.10. The van der Waals surface area contributed by atoms with E-state index in [0.29, 0.717) is 19.6 Å². The van der Waals surface area contributed by atoms with Crippen molar-refractivity contribution in [2.75, 3.05) is 26.2 Å². The minimum Gasteiger partial charge on any atom is -0.342 e. The van der Waals surface area contributed by atoms with Gasteiger partial charge in [0.15, 0.2) is 0 Å². The number of carbonyl (C=O) groups excluding carboxylic acids is 2. The summed E-state index contributed by atoms with van der Waals surface area (Å²) in [6, 6.07) is -0.418. The minimum absolute atomic E-state index is 0.00690. The molecule has 0 spiro atoms. The number of nitrogens with two attached hydrogens (primary N) is 1. The first-order valence-electron chi connectivity index (χ1n) is 5.92. The van der Waals surface area contributed by atoms with Crippen LogP contribution in [0, 0.1) is 0 Å². The molecule has 1 rings (SSSR count). The van der Waals surface area contributed by atoms with Crippen molar-refractivity contribution in [1.29, 1.82) is 0 Å². The molecule has 92 valence electrons. The fourth-order valence-corrected chi connectivity index (χ4v) is 1.97. The second-order valence-corrected chi connectivity index (χ2v) is 4.07. The van der Waals surface area contributed by atoms with Crippen LogP contribution in [0.3, 0.4) is 0 Å². The Bertz CT molecular complexity index is 264. The fraction of sp³-hybridized carbons (Fsp3) is 0.818. The lowest BCUT2D eigenvalue weighted by Crippen LogP contribution is -2.51. The van der Waals surface area contributed by atoms with E-state index >= 15 is 0 Å². The molecule has 1 fully saturated rings. The summed E-state index contributed by atoms with van der Waals surface area (Å²) in [5.74, 6) is -0.0841. The summed E-state index contributed by atoms with van der Waals surface area (Å²) in [5, 5.41) is 0. The summed E-state index contributed by atoms with van der Waals surface area (Å²) < 4.78 is 0. The van der Waals surface area contributed by atoms with Crippen LogP contribution in [-0.4, -0.2) is 53.8 Å². The van der Waals surface area contributed by atoms with E-state index < -0.39 is 6.04 Å². The Kier molecular flexibility index (Phi) is 4.73. The Labute approximate surface area is 96.6 Å². The maximum Gasteiger partial charge on any atom is 0.242 e. The SMILES string of the molecule is CCN(CC)C(=O)CN1CCCC(N)C1=O. The highest BCUT2D eigenvalue weighted by atomic mass is 16.2. The summed E-state index contributed by atoms with van der Waals surface area (Å²) in [4.78, 5) is 26.8. The zero-order valence-corrected chi connectivity index (χ0v) is 10.1. The van der Waals surface area contributed by atoms with E-state index in [9.17, 15) is 9.59 Å². The number of piperidine rings is 1. The van der Waals surface area contributed by atoms with Crippen LogP contribution in [0.15, 0.2) is 0 Å². The predicted octanol–water partition coefficient (Wildman–Crippen LogP) is -0.195. The lowest BCUT2D eigenvalue weighted by Gasteiger charge is -2.31. The average molecular weight is 227 g/mol. The maximum atomic E-state index is 11.8. The van der Waals surface area contributed by atoms with Gasteiger partial charge in [0, 0.05) is 19.6 Å². The number of likely N-dealkylation sites (tertiary alicyclic amines) is 1. The second-order valence-electron chi connectivity index (χ2n) is 4.07. The van der Waals surface area contributed by atoms with Gasteiger partial charge in [0.05, 0.1) is 12.6 Å². The number of rotatable bonds is 4. The Morgan fingerprint density at radius 2 is 2.12 bits per heavy atom. The van der Waals surface area contributed by atoms with E-state index in [1.54, 1.807) is 9.80 Å². The highest BCUT2D eigenvalue weighted by Crippen LogP contribution is 2.10. The highest BCUT2D eigenvalue weighted by molar-refractivity contribution is 5.87. The molecule has 0 aliphatic carbocycles. The van der Waals surface area contributed by atoms with Crippen LogP contribution in [0.1, 0.15) is 26.7 Å². The standard InChI is InChI=1S/C11H21N3O2/c1-3-13(4-2)10(15)8-14-7-5-6-9(12)11(14)16/h9H,3-8,12H2,1-2H3. The lowest BCUT2D eigenvalue weighted by atomic mass is 10.1. The number of amides is 2. The molecule has 1 aliphatic rings. The largest absolute Gasteiger partial charge is 0.342 e. The molecule has 0 aromatic heterocycles. The Balaban J connectivity index is 2.52. The third-order valence-corrected chi connectivity index (χ3v) is 3.01. The molecule has 0 saturated carbocycles. The highest BCUT2D eigenvalue weighted by Gasteiger charge is 2.27. The van der Waals surface area contributed by atoms with Crippen LogP contribution >= 0.6 is 0 Å². The van der Waals surface area contributed by atoms with Crippen LogP contribution < -0.4 is 5.73 Å². The number of hydrogen-bond acceptors (Lipinski definition) is 3. The van der Waals surface area contributed by atoms with E-state index in [0.717, 1.165) is 12.8 Å². The van der Waals surface area contributed by atoms with Gasteiger partial charge in [0.25, 0.3) is 0 Å². The molecule has 5 heteroatoms.